The van der Waals surface area contributed by atoms with Crippen LogP contribution < -0.4 is 5.32 Å². The number of ether oxygens (including phenoxy) is 2. The first-order valence-corrected chi connectivity index (χ1v) is 5.06. The van der Waals surface area contributed by atoms with E-state index in [9.17, 15) is 0 Å². The van der Waals surface area contributed by atoms with Crippen LogP contribution in [0.25, 0.3) is 0 Å². The Bertz CT molecular complexity index is 286. The van der Waals surface area contributed by atoms with Gasteiger partial charge in [0.2, 0.25) is 5.95 Å². The molecule has 86 valence electrons. The highest BCUT2D eigenvalue weighted by molar-refractivity contribution is 5.27. The monoisotopic (exact) mass is 213 g/mol. The minimum Gasteiger partial charge on any atom is -0.382 e. The van der Waals surface area contributed by atoms with Crippen LogP contribution in [-0.4, -0.2) is 43.5 Å². The highest BCUT2D eigenvalue weighted by atomic mass is 16.5. The van der Waals surface area contributed by atoms with Crippen LogP contribution >= 0.6 is 0 Å². The van der Waals surface area contributed by atoms with Gasteiger partial charge in [-0.1, -0.05) is 0 Å². The zero-order valence-corrected chi connectivity index (χ0v) is 9.62. The first-order chi connectivity index (χ1) is 7.27. The fourth-order valence-electron chi connectivity index (χ4n) is 1.32. The van der Waals surface area contributed by atoms with Gasteiger partial charge in [-0.2, -0.15) is 0 Å². The maximum Gasteiger partial charge on any atom is 0.202 e. The van der Waals surface area contributed by atoms with Gasteiger partial charge >= 0.3 is 0 Å². The van der Waals surface area contributed by atoms with E-state index in [4.69, 9.17) is 9.47 Å². The number of aryl methyl sites for hydroxylation is 1. The molecule has 0 aliphatic carbocycles. The lowest BCUT2D eigenvalue weighted by molar-refractivity contribution is 0.0668. The van der Waals surface area contributed by atoms with Crippen molar-refractivity contribution in [3.05, 3.63) is 11.9 Å². The molecule has 1 heterocycles. The molecule has 0 saturated carbocycles. The molecule has 0 aliphatic heterocycles. The lowest BCUT2D eigenvalue weighted by Crippen LogP contribution is -2.10. The van der Waals surface area contributed by atoms with Crippen LogP contribution in [0, 0.1) is 6.92 Å². The van der Waals surface area contributed by atoms with Gasteiger partial charge in [-0.25, -0.2) is 4.98 Å². The zero-order valence-electron chi connectivity index (χ0n) is 9.62. The summed E-state index contributed by atoms with van der Waals surface area (Å²) in [6.07, 6.45) is 2.01. The number of anilines is 1. The van der Waals surface area contributed by atoms with E-state index >= 15 is 0 Å². The van der Waals surface area contributed by atoms with Crippen molar-refractivity contribution in [2.45, 2.75) is 13.5 Å². The highest BCUT2D eigenvalue weighted by Gasteiger charge is 2.02. The van der Waals surface area contributed by atoms with Crippen LogP contribution in [0.15, 0.2) is 6.20 Å². The Kier molecular flexibility index (Phi) is 5.14. The van der Waals surface area contributed by atoms with E-state index in [2.05, 4.69) is 10.3 Å². The number of methoxy groups -OCH3 is 1. The molecule has 0 aromatic carbocycles. The maximum absolute atomic E-state index is 5.39. The lowest BCUT2D eigenvalue weighted by Gasteiger charge is -2.07. The molecule has 0 fully saturated rings. The normalized spacial score (nSPS) is 10.6. The van der Waals surface area contributed by atoms with Crippen molar-refractivity contribution in [2.24, 2.45) is 0 Å². The first kappa shape index (κ1) is 12.0. The smallest absolute Gasteiger partial charge is 0.202 e. The second-order valence-electron chi connectivity index (χ2n) is 3.25. The Labute approximate surface area is 90.4 Å². The molecule has 0 bridgehead atoms. The van der Waals surface area contributed by atoms with E-state index in [0.29, 0.717) is 19.8 Å². The lowest BCUT2D eigenvalue weighted by atomic mass is 10.5. The van der Waals surface area contributed by atoms with E-state index in [1.807, 2.05) is 24.7 Å². The predicted molar refractivity (Wildman–Crippen MR) is 59.2 cm³/mol. The number of hydrogen-bond donors (Lipinski definition) is 1. The maximum atomic E-state index is 5.39. The van der Waals surface area contributed by atoms with E-state index in [-0.39, 0.29) is 0 Å². The third-order valence-corrected chi connectivity index (χ3v) is 2.03. The molecular formula is C10H19N3O2. The molecule has 0 spiro atoms. The van der Waals surface area contributed by atoms with Gasteiger partial charge in [0.05, 0.1) is 25.5 Å². The Balaban J connectivity index is 2.30. The van der Waals surface area contributed by atoms with Crippen LogP contribution in [0.2, 0.25) is 0 Å². The number of nitrogens with one attached hydrogen (secondary N) is 1. The summed E-state index contributed by atoms with van der Waals surface area (Å²) in [5.74, 6) is 0.878. The third kappa shape index (κ3) is 3.89. The van der Waals surface area contributed by atoms with Gasteiger partial charge in [0, 0.05) is 26.9 Å². The minimum atomic E-state index is 0.638. The number of rotatable bonds is 7. The highest BCUT2D eigenvalue weighted by Crippen LogP contribution is 2.06. The van der Waals surface area contributed by atoms with Gasteiger partial charge in [0.25, 0.3) is 0 Å². The van der Waals surface area contributed by atoms with Crippen molar-refractivity contribution >= 4 is 5.95 Å². The fourth-order valence-corrected chi connectivity index (χ4v) is 1.32. The van der Waals surface area contributed by atoms with Crippen molar-refractivity contribution in [3.63, 3.8) is 0 Å². The van der Waals surface area contributed by atoms with Gasteiger partial charge in [0.15, 0.2) is 0 Å². The topological polar surface area (TPSA) is 48.3 Å². The van der Waals surface area contributed by atoms with Gasteiger partial charge < -0.3 is 19.4 Å². The van der Waals surface area contributed by atoms with Crippen molar-refractivity contribution < 1.29 is 9.47 Å². The first-order valence-electron chi connectivity index (χ1n) is 5.06. The van der Waals surface area contributed by atoms with E-state index in [0.717, 1.165) is 18.2 Å². The minimum absolute atomic E-state index is 0.638. The molecule has 0 atom stereocenters. The van der Waals surface area contributed by atoms with Crippen LogP contribution in [0.5, 0.6) is 0 Å². The summed E-state index contributed by atoms with van der Waals surface area (Å²) in [5.41, 5.74) is 1.01. The van der Waals surface area contributed by atoms with E-state index in [1.165, 1.54) is 0 Å². The predicted octanol–water partition coefficient (Wildman–Crippen LogP) is 0.896. The van der Waals surface area contributed by atoms with Gasteiger partial charge in [-0.05, 0) is 6.92 Å². The van der Waals surface area contributed by atoms with E-state index < -0.39 is 0 Å². The molecule has 1 aromatic rings. The van der Waals surface area contributed by atoms with E-state index in [1.54, 1.807) is 7.11 Å². The van der Waals surface area contributed by atoms with Crippen molar-refractivity contribution in [3.8, 4) is 0 Å². The standard InChI is InChI=1S/C10H19N3O2/c1-9-8-13(10(11-2)12-9)4-5-15-7-6-14-3/h8H,4-7H2,1-3H3,(H,11,12). The largest absolute Gasteiger partial charge is 0.382 e. The molecule has 15 heavy (non-hydrogen) atoms. The van der Waals surface area contributed by atoms with Gasteiger partial charge in [-0.3, -0.25) is 0 Å². The van der Waals surface area contributed by atoms with Crippen LogP contribution in [0.1, 0.15) is 5.69 Å². The second-order valence-corrected chi connectivity index (χ2v) is 3.25. The summed E-state index contributed by atoms with van der Waals surface area (Å²) in [4.78, 5) is 4.32. The molecule has 1 N–H and O–H groups in total. The second kappa shape index (κ2) is 6.42. The molecule has 1 aromatic heterocycles. The average molecular weight is 213 g/mol. The summed E-state index contributed by atoms with van der Waals surface area (Å²) in [6, 6.07) is 0. The molecule has 5 nitrogen and oxygen atoms in total. The Morgan fingerprint density at radius 2 is 2.20 bits per heavy atom. The summed E-state index contributed by atoms with van der Waals surface area (Å²) < 4.78 is 12.3. The quantitative estimate of drug-likeness (QED) is 0.684. The zero-order chi connectivity index (χ0) is 11.1. The summed E-state index contributed by atoms with van der Waals surface area (Å²) in [5, 5.41) is 3.04. The fraction of sp³-hybridized carbons (Fsp3) is 0.700. The molecular weight excluding hydrogens is 194 g/mol. The van der Waals surface area contributed by atoms with Crippen LogP contribution in [-0.2, 0) is 16.0 Å². The summed E-state index contributed by atoms with van der Waals surface area (Å²) in [6.45, 7) is 4.73. The summed E-state index contributed by atoms with van der Waals surface area (Å²) >= 11 is 0. The number of imidazole rings is 1. The SMILES string of the molecule is CNc1nc(C)cn1CCOCCOC. The van der Waals surface area contributed by atoms with Crippen molar-refractivity contribution in [2.75, 3.05) is 39.3 Å². The average Bonchev–Trinajstić information content (AvgIpc) is 2.59. The Morgan fingerprint density at radius 3 is 2.87 bits per heavy atom. The molecule has 0 aliphatic rings. The Hall–Kier alpha value is -1.07. The Morgan fingerprint density at radius 1 is 1.40 bits per heavy atom. The van der Waals surface area contributed by atoms with Crippen molar-refractivity contribution in [1.82, 2.24) is 9.55 Å². The molecule has 0 radical (unpaired) electrons. The van der Waals surface area contributed by atoms with Gasteiger partial charge in [-0.15, -0.1) is 0 Å². The van der Waals surface area contributed by atoms with Gasteiger partial charge in [0.1, 0.15) is 0 Å². The molecule has 0 unspecified atom stereocenters. The van der Waals surface area contributed by atoms with Crippen LogP contribution in [0.3, 0.4) is 0 Å². The number of nitrogens with zero attached hydrogens (tertiary/aromatic N) is 2. The van der Waals surface area contributed by atoms with Crippen molar-refractivity contribution in [1.29, 1.82) is 0 Å². The molecule has 1 rings (SSSR count). The van der Waals surface area contributed by atoms with Crippen LogP contribution in [0.4, 0.5) is 5.95 Å². The molecule has 5 heteroatoms. The number of aromatic nitrogens is 2. The summed E-state index contributed by atoms with van der Waals surface area (Å²) in [7, 11) is 3.53. The molecule has 0 amide bonds. The number of hydrogen-bond acceptors (Lipinski definition) is 4. The molecule has 0 saturated heterocycles. The third-order valence-electron chi connectivity index (χ3n) is 2.03.